The summed E-state index contributed by atoms with van der Waals surface area (Å²) in [6, 6.07) is 3.59. The second-order valence-corrected chi connectivity index (χ2v) is 5.64. The van der Waals surface area contributed by atoms with Crippen LogP contribution in [0.1, 0.15) is 37.2 Å². The Balaban J connectivity index is 1.99. The number of nitrogens with two attached hydrogens (primary N) is 1. The fraction of sp³-hybridized carbons (Fsp3) is 0.643. The van der Waals surface area contributed by atoms with E-state index in [1.54, 1.807) is 6.07 Å². The van der Waals surface area contributed by atoms with E-state index in [1.807, 2.05) is 13.0 Å². The van der Waals surface area contributed by atoms with E-state index in [-0.39, 0.29) is 11.3 Å². The number of carbonyl (C=O) groups is 1. The summed E-state index contributed by atoms with van der Waals surface area (Å²) in [5, 5.41) is 10.9. The molecule has 1 amide bonds. The van der Waals surface area contributed by atoms with Crippen molar-refractivity contribution in [1.82, 2.24) is 15.5 Å². The van der Waals surface area contributed by atoms with E-state index < -0.39 is 0 Å². The molecule has 2 heterocycles. The van der Waals surface area contributed by atoms with E-state index in [2.05, 4.69) is 27.3 Å². The number of hydrogen-bond acceptors (Lipinski definition) is 5. The van der Waals surface area contributed by atoms with Crippen LogP contribution >= 0.6 is 0 Å². The van der Waals surface area contributed by atoms with Crippen molar-refractivity contribution in [3.63, 3.8) is 0 Å². The van der Waals surface area contributed by atoms with Gasteiger partial charge in [-0.2, -0.15) is 0 Å². The van der Waals surface area contributed by atoms with Crippen molar-refractivity contribution in [3.8, 4) is 0 Å². The third-order valence-electron chi connectivity index (χ3n) is 4.01. The molecule has 1 aromatic rings. The zero-order chi connectivity index (χ0) is 14.6. The summed E-state index contributed by atoms with van der Waals surface area (Å²) in [4.78, 5) is 13.8. The molecule has 20 heavy (non-hydrogen) atoms. The molecule has 0 aliphatic carbocycles. The van der Waals surface area contributed by atoms with Gasteiger partial charge in [0, 0.05) is 19.6 Å². The number of nitrogens with zero attached hydrogens (tertiary/aromatic N) is 3. The highest BCUT2D eigenvalue weighted by Gasteiger charge is 2.29. The Labute approximate surface area is 119 Å². The highest BCUT2D eigenvalue weighted by atomic mass is 16.1. The van der Waals surface area contributed by atoms with Gasteiger partial charge in [-0.25, -0.2) is 0 Å². The van der Waals surface area contributed by atoms with Gasteiger partial charge >= 0.3 is 0 Å². The van der Waals surface area contributed by atoms with E-state index >= 15 is 0 Å². The predicted molar refractivity (Wildman–Crippen MR) is 78.6 cm³/mol. The summed E-state index contributed by atoms with van der Waals surface area (Å²) >= 11 is 0. The SMILES string of the molecule is CCNC(=O)c1ccc(N2CCC(C)(CN)CC2)nn1. The maximum absolute atomic E-state index is 11.6. The van der Waals surface area contributed by atoms with Gasteiger partial charge in [0.2, 0.25) is 0 Å². The summed E-state index contributed by atoms with van der Waals surface area (Å²) in [5.41, 5.74) is 6.41. The van der Waals surface area contributed by atoms with Gasteiger partial charge in [0.1, 0.15) is 0 Å². The van der Waals surface area contributed by atoms with Crippen LogP contribution in [-0.2, 0) is 0 Å². The van der Waals surface area contributed by atoms with Crippen molar-refractivity contribution in [2.45, 2.75) is 26.7 Å². The summed E-state index contributed by atoms with van der Waals surface area (Å²) < 4.78 is 0. The van der Waals surface area contributed by atoms with Gasteiger partial charge in [0.05, 0.1) is 0 Å². The molecule has 6 heteroatoms. The van der Waals surface area contributed by atoms with Crippen LogP contribution in [0, 0.1) is 5.41 Å². The van der Waals surface area contributed by atoms with Crippen molar-refractivity contribution in [3.05, 3.63) is 17.8 Å². The summed E-state index contributed by atoms with van der Waals surface area (Å²) in [6.45, 7) is 7.29. The minimum Gasteiger partial charge on any atom is -0.355 e. The van der Waals surface area contributed by atoms with Crippen LogP contribution in [0.25, 0.3) is 0 Å². The van der Waals surface area contributed by atoms with Crippen molar-refractivity contribution in [1.29, 1.82) is 0 Å². The Hall–Kier alpha value is -1.69. The highest BCUT2D eigenvalue weighted by molar-refractivity contribution is 5.92. The minimum absolute atomic E-state index is 0.180. The average molecular weight is 277 g/mol. The number of amides is 1. The lowest BCUT2D eigenvalue weighted by Crippen LogP contribution is -2.42. The molecule has 0 atom stereocenters. The molecule has 1 aliphatic heterocycles. The third-order valence-corrected chi connectivity index (χ3v) is 4.01. The molecule has 110 valence electrons. The molecule has 0 spiro atoms. The van der Waals surface area contributed by atoms with Crippen LogP contribution in [-0.4, -0.2) is 42.3 Å². The van der Waals surface area contributed by atoms with Crippen LogP contribution in [0.4, 0.5) is 5.82 Å². The van der Waals surface area contributed by atoms with Crippen LogP contribution in [0.2, 0.25) is 0 Å². The van der Waals surface area contributed by atoms with Gasteiger partial charge in [-0.15, -0.1) is 10.2 Å². The largest absolute Gasteiger partial charge is 0.355 e. The zero-order valence-corrected chi connectivity index (χ0v) is 12.2. The molecule has 3 N–H and O–H groups in total. The minimum atomic E-state index is -0.180. The van der Waals surface area contributed by atoms with Crippen LogP contribution in [0.15, 0.2) is 12.1 Å². The fourth-order valence-electron chi connectivity index (χ4n) is 2.35. The van der Waals surface area contributed by atoms with Gasteiger partial charge in [-0.3, -0.25) is 4.79 Å². The molecular weight excluding hydrogens is 254 g/mol. The number of hydrogen-bond donors (Lipinski definition) is 2. The fourth-order valence-corrected chi connectivity index (χ4v) is 2.35. The van der Waals surface area contributed by atoms with Gasteiger partial charge in [-0.1, -0.05) is 6.92 Å². The van der Waals surface area contributed by atoms with Crippen LogP contribution in [0.5, 0.6) is 0 Å². The number of anilines is 1. The van der Waals surface area contributed by atoms with E-state index in [4.69, 9.17) is 5.73 Å². The van der Waals surface area contributed by atoms with Crippen molar-refractivity contribution in [2.75, 3.05) is 31.1 Å². The second kappa shape index (κ2) is 6.17. The molecule has 2 rings (SSSR count). The predicted octanol–water partition coefficient (Wildman–Crippen LogP) is 0.791. The molecule has 0 radical (unpaired) electrons. The topological polar surface area (TPSA) is 84.1 Å². The number of rotatable bonds is 4. The van der Waals surface area contributed by atoms with Crippen molar-refractivity contribution >= 4 is 11.7 Å². The lowest BCUT2D eigenvalue weighted by atomic mass is 9.80. The third kappa shape index (κ3) is 3.25. The Morgan fingerprint density at radius 2 is 2.10 bits per heavy atom. The first-order valence-corrected chi connectivity index (χ1v) is 7.15. The van der Waals surface area contributed by atoms with Crippen LogP contribution < -0.4 is 16.0 Å². The highest BCUT2D eigenvalue weighted by Crippen LogP contribution is 2.30. The Kier molecular flexibility index (Phi) is 4.54. The maximum Gasteiger partial charge on any atom is 0.271 e. The van der Waals surface area contributed by atoms with Crippen LogP contribution in [0.3, 0.4) is 0 Å². The summed E-state index contributed by atoms with van der Waals surface area (Å²) in [6.07, 6.45) is 2.12. The van der Waals surface area contributed by atoms with E-state index in [1.165, 1.54) is 0 Å². The van der Waals surface area contributed by atoms with Gasteiger partial charge in [0.15, 0.2) is 11.5 Å². The standard InChI is InChI=1S/C14H23N5O/c1-3-16-13(20)11-4-5-12(18-17-11)19-8-6-14(2,10-15)7-9-19/h4-5H,3,6-10,15H2,1-2H3,(H,16,20). The number of nitrogens with one attached hydrogen (secondary N) is 1. The lowest BCUT2D eigenvalue weighted by molar-refractivity contribution is 0.0950. The Morgan fingerprint density at radius 3 is 2.60 bits per heavy atom. The Bertz CT molecular complexity index is 451. The molecule has 1 saturated heterocycles. The molecule has 1 aliphatic rings. The van der Waals surface area contributed by atoms with Crippen molar-refractivity contribution in [2.24, 2.45) is 11.1 Å². The molecule has 0 unspecified atom stereocenters. The summed E-state index contributed by atoms with van der Waals surface area (Å²) in [5.74, 6) is 0.651. The number of piperidine rings is 1. The molecule has 0 bridgehead atoms. The van der Waals surface area contributed by atoms with Gasteiger partial charge in [0.25, 0.3) is 5.91 Å². The maximum atomic E-state index is 11.6. The Morgan fingerprint density at radius 1 is 1.40 bits per heavy atom. The quantitative estimate of drug-likeness (QED) is 0.850. The molecule has 0 saturated carbocycles. The zero-order valence-electron chi connectivity index (χ0n) is 12.2. The number of aromatic nitrogens is 2. The summed E-state index contributed by atoms with van der Waals surface area (Å²) in [7, 11) is 0. The molecule has 1 fully saturated rings. The molecule has 6 nitrogen and oxygen atoms in total. The van der Waals surface area contributed by atoms with E-state index in [0.29, 0.717) is 12.2 Å². The molecule has 0 aromatic carbocycles. The molecule has 1 aromatic heterocycles. The number of carbonyl (C=O) groups excluding carboxylic acids is 1. The van der Waals surface area contributed by atoms with E-state index in [9.17, 15) is 4.79 Å². The van der Waals surface area contributed by atoms with Gasteiger partial charge in [-0.05, 0) is 43.9 Å². The van der Waals surface area contributed by atoms with Gasteiger partial charge < -0.3 is 16.0 Å². The first-order valence-electron chi connectivity index (χ1n) is 7.15. The first-order chi connectivity index (χ1) is 9.58. The first kappa shape index (κ1) is 14.7. The van der Waals surface area contributed by atoms with E-state index in [0.717, 1.165) is 38.3 Å². The normalized spacial score (nSPS) is 17.9. The average Bonchev–Trinajstić information content (AvgIpc) is 2.48. The molecular formula is C14H23N5O. The smallest absolute Gasteiger partial charge is 0.271 e. The van der Waals surface area contributed by atoms with Crippen molar-refractivity contribution < 1.29 is 4.79 Å². The lowest BCUT2D eigenvalue weighted by Gasteiger charge is -2.39. The second-order valence-electron chi connectivity index (χ2n) is 5.64. The monoisotopic (exact) mass is 277 g/mol.